The normalized spacial score (nSPS) is 14.0. The molecule has 3 N–H and O–H groups in total. The van der Waals surface area contributed by atoms with E-state index in [1.165, 1.54) is 6.07 Å². The summed E-state index contributed by atoms with van der Waals surface area (Å²) in [6, 6.07) is 2.51. The number of carbonyl (C=O) groups excluding carboxylic acids is 2. The molecule has 0 aliphatic heterocycles. The molecule has 1 aromatic rings. The fourth-order valence-electron chi connectivity index (χ4n) is 2.04. The summed E-state index contributed by atoms with van der Waals surface area (Å²) in [6.07, 6.45) is -3.42. The third-order valence-corrected chi connectivity index (χ3v) is 3.08. The Morgan fingerprint density at radius 2 is 2.00 bits per heavy atom. The summed E-state index contributed by atoms with van der Waals surface area (Å²) >= 11 is 0. The summed E-state index contributed by atoms with van der Waals surface area (Å²) < 4.78 is 18.6. The van der Waals surface area contributed by atoms with Gasteiger partial charge in [-0.3, -0.25) is 4.79 Å². The Morgan fingerprint density at radius 3 is 2.52 bits per heavy atom. The lowest BCUT2D eigenvalue weighted by Crippen LogP contribution is -2.39. The van der Waals surface area contributed by atoms with E-state index in [9.17, 15) is 24.2 Å². The van der Waals surface area contributed by atoms with Gasteiger partial charge in [0.2, 0.25) is 0 Å². The minimum atomic E-state index is -1.53. The molecule has 7 heteroatoms. The van der Waals surface area contributed by atoms with Gasteiger partial charge in [-0.15, -0.1) is 0 Å². The molecule has 23 heavy (non-hydrogen) atoms. The van der Waals surface area contributed by atoms with Crippen LogP contribution in [-0.2, 0) is 4.74 Å². The third kappa shape index (κ3) is 5.30. The second-order valence-electron chi connectivity index (χ2n) is 6.20. The topological polar surface area (TPSA) is 95.9 Å². The predicted molar refractivity (Wildman–Crippen MR) is 81.7 cm³/mol. The fourth-order valence-corrected chi connectivity index (χ4v) is 2.04. The quantitative estimate of drug-likeness (QED) is 0.718. The summed E-state index contributed by atoms with van der Waals surface area (Å²) in [5.74, 6) is -0.785. The molecular formula is C16H22FNO5. The molecule has 0 saturated carbocycles. The Kier molecular flexibility index (Phi) is 6.23. The zero-order valence-electron chi connectivity index (χ0n) is 13.6. The largest absolute Gasteiger partial charge is 0.444 e. The molecule has 1 aromatic carbocycles. The Bertz CT molecular complexity index is 583. The maximum absolute atomic E-state index is 13.6. The Morgan fingerprint density at radius 1 is 1.39 bits per heavy atom. The number of carbonyl (C=O) groups is 2. The summed E-state index contributed by atoms with van der Waals surface area (Å²) in [7, 11) is 0. The Labute approximate surface area is 134 Å². The van der Waals surface area contributed by atoms with E-state index >= 15 is 0 Å². The fraction of sp³-hybridized carbons (Fsp3) is 0.500. The average molecular weight is 327 g/mol. The van der Waals surface area contributed by atoms with E-state index in [1.807, 2.05) is 0 Å². The number of amides is 1. The molecule has 0 radical (unpaired) electrons. The van der Waals surface area contributed by atoms with Gasteiger partial charge < -0.3 is 20.3 Å². The highest BCUT2D eigenvalue weighted by atomic mass is 19.1. The highest BCUT2D eigenvalue weighted by Gasteiger charge is 2.26. The van der Waals surface area contributed by atoms with Crippen LogP contribution in [0.4, 0.5) is 9.18 Å². The molecule has 128 valence electrons. The molecule has 0 aliphatic rings. The first-order valence-electron chi connectivity index (χ1n) is 7.14. The van der Waals surface area contributed by atoms with Gasteiger partial charge in [0.15, 0.2) is 6.29 Å². The van der Waals surface area contributed by atoms with Crippen LogP contribution in [0.25, 0.3) is 0 Å². The lowest BCUT2D eigenvalue weighted by molar-refractivity contribution is 0.0122. The van der Waals surface area contributed by atoms with Gasteiger partial charge in [-0.25, -0.2) is 9.18 Å². The number of hydrogen-bond donors (Lipinski definition) is 3. The van der Waals surface area contributed by atoms with Gasteiger partial charge in [0, 0.05) is 6.54 Å². The van der Waals surface area contributed by atoms with Gasteiger partial charge in [0.25, 0.3) is 0 Å². The number of hydrogen-bond acceptors (Lipinski definition) is 5. The van der Waals surface area contributed by atoms with E-state index in [1.54, 1.807) is 27.7 Å². The predicted octanol–water partition coefficient (Wildman–Crippen LogP) is 1.87. The third-order valence-electron chi connectivity index (χ3n) is 3.08. The van der Waals surface area contributed by atoms with Crippen molar-refractivity contribution in [2.75, 3.05) is 6.54 Å². The molecule has 1 amide bonds. The minimum absolute atomic E-state index is 0.00140. The highest BCUT2D eigenvalue weighted by Crippen LogP contribution is 2.26. The number of rotatable bonds is 5. The first-order valence-corrected chi connectivity index (χ1v) is 7.14. The first kappa shape index (κ1) is 19.1. The van der Waals surface area contributed by atoms with E-state index in [2.05, 4.69) is 5.32 Å². The van der Waals surface area contributed by atoms with Crippen molar-refractivity contribution >= 4 is 12.4 Å². The first-order chi connectivity index (χ1) is 10.6. The summed E-state index contributed by atoms with van der Waals surface area (Å²) in [5.41, 5.74) is -0.554. The maximum Gasteiger partial charge on any atom is 0.407 e. The number of halogens is 1. The zero-order valence-corrected chi connectivity index (χ0v) is 13.6. The molecule has 0 saturated heterocycles. The van der Waals surface area contributed by atoms with Gasteiger partial charge in [-0.1, -0.05) is 6.07 Å². The van der Waals surface area contributed by atoms with Crippen LogP contribution in [0.5, 0.6) is 0 Å². The second-order valence-corrected chi connectivity index (χ2v) is 6.20. The van der Waals surface area contributed by atoms with Gasteiger partial charge in [-0.05, 0) is 44.9 Å². The van der Waals surface area contributed by atoms with Crippen LogP contribution in [0, 0.1) is 12.7 Å². The molecule has 0 spiro atoms. The van der Waals surface area contributed by atoms with Crippen molar-refractivity contribution in [3.05, 3.63) is 34.6 Å². The highest BCUT2D eigenvalue weighted by molar-refractivity contribution is 5.78. The van der Waals surface area contributed by atoms with Crippen LogP contribution in [-0.4, -0.2) is 40.8 Å². The number of ether oxygens (including phenoxy) is 1. The van der Waals surface area contributed by atoms with Crippen LogP contribution in [0.15, 0.2) is 12.1 Å². The number of aldehydes is 1. The van der Waals surface area contributed by atoms with E-state index in [-0.39, 0.29) is 24.0 Å². The van der Waals surface area contributed by atoms with Crippen LogP contribution in [0.3, 0.4) is 0 Å². The molecule has 0 bridgehead atoms. The van der Waals surface area contributed by atoms with Crippen molar-refractivity contribution in [3.63, 3.8) is 0 Å². The van der Waals surface area contributed by atoms with Crippen LogP contribution in [0.1, 0.15) is 48.4 Å². The number of aliphatic hydroxyl groups excluding tert-OH is 2. The molecular weight excluding hydrogens is 305 g/mol. The van der Waals surface area contributed by atoms with Crippen molar-refractivity contribution in [3.8, 4) is 0 Å². The lowest BCUT2D eigenvalue weighted by atomic mass is 9.94. The van der Waals surface area contributed by atoms with E-state index in [4.69, 9.17) is 4.74 Å². The standard InChI is InChI=1S/C16H22FNO5/c1-9-5-6-11(17)10(8-19)13(9)14(21)12(20)7-18-15(22)23-16(2,3)4/h5-6,8,12,14,20-21H,7H2,1-4H3,(H,18,22). The van der Waals surface area contributed by atoms with Crippen LogP contribution < -0.4 is 5.32 Å². The van der Waals surface area contributed by atoms with Gasteiger partial charge in [0.05, 0.1) is 5.56 Å². The smallest absolute Gasteiger partial charge is 0.407 e. The molecule has 2 atom stereocenters. The summed E-state index contributed by atoms with van der Waals surface area (Å²) in [4.78, 5) is 22.6. The monoisotopic (exact) mass is 327 g/mol. The molecule has 6 nitrogen and oxygen atoms in total. The number of nitrogens with one attached hydrogen (secondary N) is 1. The maximum atomic E-state index is 13.6. The average Bonchev–Trinajstić information content (AvgIpc) is 2.44. The Hall–Kier alpha value is -1.99. The summed E-state index contributed by atoms with van der Waals surface area (Å²) in [5, 5.41) is 22.5. The van der Waals surface area contributed by atoms with Crippen molar-refractivity contribution < 1.29 is 28.9 Å². The van der Waals surface area contributed by atoms with E-state index in [0.29, 0.717) is 5.56 Å². The van der Waals surface area contributed by atoms with E-state index in [0.717, 1.165) is 6.07 Å². The van der Waals surface area contributed by atoms with Crippen LogP contribution >= 0.6 is 0 Å². The van der Waals surface area contributed by atoms with Gasteiger partial charge in [0.1, 0.15) is 23.6 Å². The SMILES string of the molecule is Cc1ccc(F)c(C=O)c1C(O)C(O)CNC(=O)OC(C)(C)C. The number of aliphatic hydroxyl groups is 2. The van der Waals surface area contributed by atoms with Crippen molar-refractivity contribution in [1.82, 2.24) is 5.32 Å². The van der Waals surface area contributed by atoms with Crippen molar-refractivity contribution in [1.29, 1.82) is 0 Å². The number of alkyl carbamates (subject to hydrolysis) is 1. The second kappa shape index (κ2) is 7.52. The molecule has 0 aliphatic carbocycles. The Balaban J connectivity index is 2.82. The van der Waals surface area contributed by atoms with Gasteiger partial charge in [-0.2, -0.15) is 0 Å². The minimum Gasteiger partial charge on any atom is -0.444 e. The van der Waals surface area contributed by atoms with Crippen LogP contribution in [0.2, 0.25) is 0 Å². The number of benzene rings is 1. The summed E-state index contributed by atoms with van der Waals surface area (Å²) in [6.45, 7) is 6.32. The van der Waals surface area contributed by atoms with Crippen molar-refractivity contribution in [2.45, 2.75) is 45.5 Å². The zero-order chi connectivity index (χ0) is 17.8. The van der Waals surface area contributed by atoms with E-state index < -0.39 is 29.7 Å². The molecule has 0 fully saturated rings. The van der Waals surface area contributed by atoms with Crippen molar-refractivity contribution in [2.24, 2.45) is 0 Å². The molecule has 0 aromatic heterocycles. The molecule has 2 unspecified atom stereocenters. The van der Waals surface area contributed by atoms with Gasteiger partial charge >= 0.3 is 6.09 Å². The molecule has 1 rings (SSSR count). The molecule has 0 heterocycles. The lowest BCUT2D eigenvalue weighted by Gasteiger charge is -2.23. The number of aryl methyl sites for hydroxylation is 1.